The summed E-state index contributed by atoms with van der Waals surface area (Å²) in [6.07, 6.45) is 1.01. The number of hydrogen-bond acceptors (Lipinski definition) is 2. The van der Waals surface area contributed by atoms with E-state index < -0.39 is 0 Å². The molecule has 0 aromatic carbocycles. The number of hydrogen-bond donors (Lipinski definition) is 1. The van der Waals surface area contributed by atoms with E-state index in [1.807, 2.05) is 6.92 Å². The number of likely N-dealkylation sites (N-methyl/N-ethyl adjacent to an activating group) is 1. The maximum absolute atomic E-state index is 9.07. The van der Waals surface area contributed by atoms with Crippen LogP contribution in [0.5, 0.6) is 0 Å². The van der Waals surface area contributed by atoms with Crippen molar-refractivity contribution in [3.05, 3.63) is 0 Å². The van der Waals surface area contributed by atoms with Gasteiger partial charge in [-0.15, -0.1) is 0 Å². The highest BCUT2D eigenvalue weighted by Gasteiger charge is 2.05. The second-order valence-electron chi connectivity index (χ2n) is 3.58. The Hall–Kier alpha value is -0.0800. The Kier molecular flexibility index (Phi) is 5.51. The molecule has 0 aliphatic carbocycles. The van der Waals surface area contributed by atoms with Crippen LogP contribution in [-0.2, 0) is 0 Å². The first kappa shape index (κ1) is 10.9. The van der Waals surface area contributed by atoms with Crippen LogP contribution in [0.25, 0.3) is 0 Å². The molecule has 1 unspecified atom stereocenters. The fraction of sp³-hybridized carbons (Fsp3) is 1.00. The summed E-state index contributed by atoms with van der Waals surface area (Å²) < 4.78 is 0. The second kappa shape index (κ2) is 5.56. The van der Waals surface area contributed by atoms with Gasteiger partial charge in [0.15, 0.2) is 0 Å². The van der Waals surface area contributed by atoms with Gasteiger partial charge in [-0.3, -0.25) is 0 Å². The molecule has 0 spiro atoms. The Morgan fingerprint density at radius 1 is 1.27 bits per heavy atom. The Morgan fingerprint density at radius 2 is 1.82 bits per heavy atom. The molecule has 0 amide bonds. The molecule has 0 aromatic heterocycles. The SMILES string of the molecule is CCC(C)CN(C)C[C@H](C)O. The summed E-state index contributed by atoms with van der Waals surface area (Å²) in [7, 11) is 2.05. The third-order valence-electron chi connectivity index (χ3n) is 1.90. The second-order valence-corrected chi connectivity index (χ2v) is 3.58. The quantitative estimate of drug-likeness (QED) is 0.654. The van der Waals surface area contributed by atoms with Gasteiger partial charge in [0.2, 0.25) is 0 Å². The lowest BCUT2D eigenvalue weighted by Crippen LogP contribution is -2.30. The van der Waals surface area contributed by atoms with Crippen molar-refractivity contribution in [1.82, 2.24) is 4.90 Å². The average Bonchev–Trinajstić information content (AvgIpc) is 1.85. The van der Waals surface area contributed by atoms with Crippen LogP contribution in [0.2, 0.25) is 0 Å². The predicted molar refractivity (Wildman–Crippen MR) is 48.6 cm³/mol. The van der Waals surface area contributed by atoms with E-state index >= 15 is 0 Å². The van der Waals surface area contributed by atoms with Gasteiger partial charge < -0.3 is 10.0 Å². The van der Waals surface area contributed by atoms with Crippen molar-refractivity contribution in [2.75, 3.05) is 20.1 Å². The van der Waals surface area contributed by atoms with Crippen LogP contribution in [0.4, 0.5) is 0 Å². The van der Waals surface area contributed by atoms with Crippen molar-refractivity contribution >= 4 is 0 Å². The molecule has 0 rings (SSSR count). The summed E-state index contributed by atoms with van der Waals surface area (Å²) in [6, 6.07) is 0. The van der Waals surface area contributed by atoms with Gasteiger partial charge >= 0.3 is 0 Å². The van der Waals surface area contributed by atoms with E-state index in [4.69, 9.17) is 5.11 Å². The molecule has 0 heterocycles. The maximum atomic E-state index is 9.07. The largest absolute Gasteiger partial charge is 0.392 e. The Morgan fingerprint density at radius 3 is 2.18 bits per heavy atom. The summed E-state index contributed by atoms with van der Waals surface area (Å²) in [5, 5.41) is 9.07. The van der Waals surface area contributed by atoms with Crippen molar-refractivity contribution in [3.8, 4) is 0 Å². The molecular formula is C9H21NO. The van der Waals surface area contributed by atoms with Crippen LogP contribution in [0, 0.1) is 5.92 Å². The minimum atomic E-state index is -0.205. The highest BCUT2D eigenvalue weighted by Crippen LogP contribution is 2.02. The molecule has 2 atom stereocenters. The monoisotopic (exact) mass is 159 g/mol. The van der Waals surface area contributed by atoms with E-state index in [2.05, 4.69) is 25.8 Å². The van der Waals surface area contributed by atoms with Crippen molar-refractivity contribution in [2.45, 2.75) is 33.3 Å². The van der Waals surface area contributed by atoms with E-state index in [-0.39, 0.29) is 6.10 Å². The van der Waals surface area contributed by atoms with Crippen LogP contribution in [0.1, 0.15) is 27.2 Å². The standard InChI is InChI=1S/C9H21NO/c1-5-8(2)6-10(4)7-9(3)11/h8-9,11H,5-7H2,1-4H3/t8?,9-/m0/s1. The van der Waals surface area contributed by atoms with E-state index in [0.717, 1.165) is 19.0 Å². The first-order valence-corrected chi connectivity index (χ1v) is 4.42. The van der Waals surface area contributed by atoms with Gasteiger partial charge in [0.1, 0.15) is 0 Å². The van der Waals surface area contributed by atoms with E-state index in [9.17, 15) is 0 Å². The molecule has 1 N–H and O–H groups in total. The number of aliphatic hydroxyl groups excluding tert-OH is 1. The molecule has 2 nitrogen and oxygen atoms in total. The molecule has 0 radical (unpaired) electrons. The van der Waals surface area contributed by atoms with Gasteiger partial charge in [0.05, 0.1) is 6.10 Å². The molecule has 0 aromatic rings. The zero-order valence-corrected chi connectivity index (χ0v) is 8.17. The van der Waals surface area contributed by atoms with Crippen molar-refractivity contribution in [1.29, 1.82) is 0 Å². The minimum Gasteiger partial charge on any atom is -0.392 e. The normalized spacial score (nSPS) is 16.9. The summed E-state index contributed by atoms with van der Waals surface area (Å²) in [5.41, 5.74) is 0. The lowest BCUT2D eigenvalue weighted by atomic mass is 10.1. The molecule has 0 bridgehead atoms. The first-order valence-electron chi connectivity index (χ1n) is 4.42. The van der Waals surface area contributed by atoms with Gasteiger partial charge in [0.25, 0.3) is 0 Å². The lowest BCUT2D eigenvalue weighted by molar-refractivity contribution is 0.133. The smallest absolute Gasteiger partial charge is 0.0638 e. The van der Waals surface area contributed by atoms with Crippen LogP contribution < -0.4 is 0 Å². The zero-order valence-electron chi connectivity index (χ0n) is 8.17. The van der Waals surface area contributed by atoms with E-state index in [1.165, 1.54) is 6.42 Å². The molecule has 11 heavy (non-hydrogen) atoms. The highest BCUT2D eigenvalue weighted by atomic mass is 16.3. The third kappa shape index (κ3) is 6.32. The lowest BCUT2D eigenvalue weighted by Gasteiger charge is -2.21. The van der Waals surface area contributed by atoms with Crippen LogP contribution >= 0.6 is 0 Å². The third-order valence-corrected chi connectivity index (χ3v) is 1.90. The van der Waals surface area contributed by atoms with Crippen molar-refractivity contribution in [3.63, 3.8) is 0 Å². The van der Waals surface area contributed by atoms with Gasteiger partial charge in [-0.2, -0.15) is 0 Å². The average molecular weight is 159 g/mol. The van der Waals surface area contributed by atoms with E-state index in [0.29, 0.717) is 0 Å². The summed E-state index contributed by atoms with van der Waals surface area (Å²) in [5.74, 6) is 0.735. The topological polar surface area (TPSA) is 23.5 Å². The van der Waals surface area contributed by atoms with Crippen LogP contribution in [-0.4, -0.2) is 36.2 Å². The maximum Gasteiger partial charge on any atom is 0.0638 e. The van der Waals surface area contributed by atoms with Gasteiger partial charge in [-0.05, 0) is 19.9 Å². The molecular weight excluding hydrogens is 138 g/mol. The molecule has 2 heteroatoms. The Balaban J connectivity index is 3.43. The predicted octanol–water partition coefficient (Wildman–Crippen LogP) is 1.35. The minimum absolute atomic E-state index is 0.205. The first-order chi connectivity index (χ1) is 5.06. The molecule has 68 valence electrons. The summed E-state index contributed by atoms with van der Waals surface area (Å²) in [6.45, 7) is 8.12. The molecule has 0 aliphatic rings. The molecule has 0 saturated heterocycles. The van der Waals surface area contributed by atoms with Crippen molar-refractivity contribution in [2.24, 2.45) is 5.92 Å². The van der Waals surface area contributed by atoms with Gasteiger partial charge in [-0.25, -0.2) is 0 Å². The number of aliphatic hydroxyl groups is 1. The molecule has 0 saturated carbocycles. The van der Waals surface area contributed by atoms with Crippen LogP contribution in [0.3, 0.4) is 0 Å². The van der Waals surface area contributed by atoms with Crippen LogP contribution in [0.15, 0.2) is 0 Å². The molecule has 0 fully saturated rings. The fourth-order valence-electron chi connectivity index (χ4n) is 1.19. The molecule has 0 aliphatic heterocycles. The number of rotatable bonds is 5. The summed E-state index contributed by atoms with van der Waals surface area (Å²) in [4.78, 5) is 2.18. The summed E-state index contributed by atoms with van der Waals surface area (Å²) >= 11 is 0. The van der Waals surface area contributed by atoms with E-state index in [1.54, 1.807) is 0 Å². The Labute approximate surface area is 70.2 Å². The zero-order chi connectivity index (χ0) is 8.85. The fourth-order valence-corrected chi connectivity index (χ4v) is 1.19. The van der Waals surface area contributed by atoms with Gasteiger partial charge in [0, 0.05) is 13.1 Å². The Bertz CT molecular complexity index is 93.6. The highest BCUT2D eigenvalue weighted by molar-refractivity contribution is 4.59. The van der Waals surface area contributed by atoms with Crippen molar-refractivity contribution < 1.29 is 5.11 Å². The number of nitrogens with zero attached hydrogens (tertiary/aromatic N) is 1. The van der Waals surface area contributed by atoms with Gasteiger partial charge in [-0.1, -0.05) is 20.3 Å².